The van der Waals surface area contributed by atoms with Crippen LogP contribution in [-0.2, 0) is 6.54 Å². The topological polar surface area (TPSA) is 51.4 Å². The number of aromatic nitrogens is 1. The second-order valence-corrected chi connectivity index (χ2v) is 3.47. The number of hydrogen-bond acceptors (Lipinski definition) is 4. The summed E-state index contributed by atoms with van der Waals surface area (Å²) in [7, 11) is 3.90. The molecule has 1 heterocycles. The number of hydrogen-bond donors (Lipinski definition) is 1. The van der Waals surface area contributed by atoms with Gasteiger partial charge in [-0.15, -0.1) is 0 Å². The van der Waals surface area contributed by atoms with Gasteiger partial charge in [-0.05, 0) is 20.2 Å². The first-order valence-electron chi connectivity index (χ1n) is 4.75. The van der Waals surface area contributed by atoms with Gasteiger partial charge in [-0.1, -0.05) is 0 Å². The molecule has 0 aliphatic heterocycles. The van der Waals surface area contributed by atoms with Crippen LogP contribution in [-0.4, -0.2) is 37.1 Å². The maximum Gasteiger partial charge on any atom is 0.218 e. The molecule has 0 atom stereocenters. The molecule has 0 aromatic carbocycles. The molecule has 1 rings (SSSR count). The SMILES string of the molecule is CN(C)CCOc1ncc(F)cc1CN. The van der Waals surface area contributed by atoms with E-state index >= 15 is 0 Å². The highest BCUT2D eigenvalue weighted by molar-refractivity contribution is 5.25. The standard InChI is InChI=1S/C10H16FN3O/c1-14(2)3-4-15-10-8(6-12)5-9(11)7-13-10/h5,7H,3-4,6,12H2,1-2H3. The van der Waals surface area contributed by atoms with Crippen LogP contribution in [0.2, 0.25) is 0 Å². The van der Waals surface area contributed by atoms with Crippen molar-refractivity contribution in [3.05, 3.63) is 23.6 Å². The molecule has 5 heteroatoms. The third-order valence-electron chi connectivity index (χ3n) is 1.89. The molecule has 2 N–H and O–H groups in total. The van der Waals surface area contributed by atoms with Crippen molar-refractivity contribution in [1.29, 1.82) is 0 Å². The summed E-state index contributed by atoms with van der Waals surface area (Å²) in [5, 5.41) is 0. The van der Waals surface area contributed by atoms with Gasteiger partial charge >= 0.3 is 0 Å². The Morgan fingerprint density at radius 3 is 2.87 bits per heavy atom. The van der Waals surface area contributed by atoms with E-state index in [2.05, 4.69) is 4.98 Å². The van der Waals surface area contributed by atoms with Crippen molar-refractivity contribution >= 4 is 0 Å². The van der Waals surface area contributed by atoms with E-state index in [1.54, 1.807) is 0 Å². The van der Waals surface area contributed by atoms with E-state index in [1.165, 1.54) is 6.07 Å². The van der Waals surface area contributed by atoms with Gasteiger partial charge in [-0.2, -0.15) is 0 Å². The third kappa shape index (κ3) is 3.81. The molecular formula is C10H16FN3O. The molecule has 4 nitrogen and oxygen atoms in total. The Labute approximate surface area is 88.9 Å². The zero-order valence-corrected chi connectivity index (χ0v) is 9.03. The lowest BCUT2D eigenvalue weighted by Gasteiger charge is -2.12. The summed E-state index contributed by atoms with van der Waals surface area (Å²) < 4.78 is 18.2. The van der Waals surface area contributed by atoms with Crippen LogP contribution in [0.1, 0.15) is 5.56 Å². The monoisotopic (exact) mass is 213 g/mol. The van der Waals surface area contributed by atoms with Crippen LogP contribution in [0.4, 0.5) is 4.39 Å². The summed E-state index contributed by atoms with van der Waals surface area (Å²) in [4.78, 5) is 5.84. The van der Waals surface area contributed by atoms with Crippen LogP contribution in [0, 0.1) is 5.82 Å². The summed E-state index contributed by atoms with van der Waals surface area (Å²) >= 11 is 0. The number of rotatable bonds is 5. The normalized spacial score (nSPS) is 10.7. The van der Waals surface area contributed by atoms with Gasteiger partial charge in [0.25, 0.3) is 0 Å². The number of pyridine rings is 1. The zero-order valence-electron chi connectivity index (χ0n) is 9.03. The predicted octanol–water partition coefficient (Wildman–Crippen LogP) is 0.620. The minimum Gasteiger partial charge on any atom is -0.476 e. The first kappa shape index (κ1) is 11.9. The fourth-order valence-electron chi connectivity index (χ4n) is 1.07. The first-order chi connectivity index (χ1) is 7.13. The van der Waals surface area contributed by atoms with Gasteiger partial charge in [0.1, 0.15) is 12.4 Å². The van der Waals surface area contributed by atoms with Gasteiger partial charge in [-0.25, -0.2) is 9.37 Å². The first-order valence-corrected chi connectivity index (χ1v) is 4.75. The van der Waals surface area contributed by atoms with Crippen molar-refractivity contribution in [2.45, 2.75) is 6.54 Å². The van der Waals surface area contributed by atoms with E-state index in [9.17, 15) is 4.39 Å². The highest BCUT2D eigenvalue weighted by Gasteiger charge is 2.05. The Kier molecular flexibility index (Phi) is 4.45. The fraction of sp³-hybridized carbons (Fsp3) is 0.500. The summed E-state index contributed by atoms with van der Waals surface area (Å²) in [6, 6.07) is 1.35. The summed E-state index contributed by atoms with van der Waals surface area (Å²) in [6.45, 7) is 1.52. The third-order valence-corrected chi connectivity index (χ3v) is 1.89. The molecule has 0 spiro atoms. The minimum absolute atomic E-state index is 0.224. The fourth-order valence-corrected chi connectivity index (χ4v) is 1.07. The van der Waals surface area contributed by atoms with Crippen LogP contribution in [0.25, 0.3) is 0 Å². The Morgan fingerprint density at radius 1 is 1.53 bits per heavy atom. The Balaban J connectivity index is 2.60. The van der Waals surface area contributed by atoms with Gasteiger partial charge in [0.2, 0.25) is 5.88 Å². The van der Waals surface area contributed by atoms with E-state index in [0.717, 1.165) is 12.7 Å². The molecular weight excluding hydrogens is 197 g/mol. The number of ether oxygens (including phenoxy) is 1. The molecule has 0 amide bonds. The number of nitrogens with two attached hydrogens (primary N) is 1. The molecule has 0 bridgehead atoms. The lowest BCUT2D eigenvalue weighted by molar-refractivity contribution is 0.251. The average molecular weight is 213 g/mol. The Bertz CT molecular complexity index is 318. The number of nitrogens with zero attached hydrogens (tertiary/aromatic N) is 2. The maximum absolute atomic E-state index is 12.8. The molecule has 0 fully saturated rings. The Hall–Kier alpha value is -1.20. The zero-order chi connectivity index (χ0) is 11.3. The summed E-state index contributed by atoms with van der Waals surface area (Å²) in [5.41, 5.74) is 6.05. The van der Waals surface area contributed by atoms with Crippen molar-refractivity contribution in [3.8, 4) is 5.88 Å². The van der Waals surface area contributed by atoms with Gasteiger partial charge in [0.05, 0.1) is 6.20 Å². The van der Waals surface area contributed by atoms with E-state index in [0.29, 0.717) is 18.1 Å². The van der Waals surface area contributed by atoms with Crippen molar-refractivity contribution in [2.24, 2.45) is 5.73 Å². The highest BCUT2D eigenvalue weighted by Crippen LogP contribution is 2.15. The smallest absolute Gasteiger partial charge is 0.218 e. The van der Waals surface area contributed by atoms with Crippen molar-refractivity contribution in [3.63, 3.8) is 0 Å². The quantitative estimate of drug-likeness (QED) is 0.779. The molecule has 84 valence electrons. The predicted molar refractivity (Wildman–Crippen MR) is 56.1 cm³/mol. The molecule has 1 aromatic rings. The lowest BCUT2D eigenvalue weighted by Crippen LogP contribution is -2.20. The van der Waals surface area contributed by atoms with Gasteiger partial charge < -0.3 is 15.4 Å². The Morgan fingerprint density at radius 2 is 2.27 bits per heavy atom. The maximum atomic E-state index is 12.8. The van der Waals surface area contributed by atoms with Crippen LogP contribution >= 0.6 is 0 Å². The average Bonchev–Trinajstić information content (AvgIpc) is 2.19. The molecule has 0 saturated heterocycles. The number of likely N-dealkylation sites (N-methyl/N-ethyl adjacent to an activating group) is 1. The summed E-state index contributed by atoms with van der Waals surface area (Å²) in [6.07, 6.45) is 1.13. The molecule has 1 aromatic heterocycles. The van der Waals surface area contributed by atoms with Crippen molar-refractivity contribution < 1.29 is 9.13 Å². The van der Waals surface area contributed by atoms with Gasteiger partial charge in [-0.3, -0.25) is 0 Å². The second-order valence-electron chi connectivity index (χ2n) is 3.47. The van der Waals surface area contributed by atoms with Crippen LogP contribution in [0.3, 0.4) is 0 Å². The van der Waals surface area contributed by atoms with Crippen LogP contribution in [0.15, 0.2) is 12.3 Å². The molecule has 0 unspecified atom stereocenters. The van der Waals surface area contributed by atoms with Gasteiger partial charge in [0.15, 0.2) is 0 Å². The second kappa shape index (κ2) is 5.63. The van der Waals surface area contributed by atoms with E-state index in [4.69, 9.17) is 10.5 Å². The van der Waals surface area contributed by atoms with Crippen molar-refractivity contribution in [1.82, 2.24) is 9.88 Å². The largest absolute Gasteiger partial charge is 0.476 e. The lowest BCUT2D eigenvalue weighted by atomic mass is 10.3. The molecule has 0 saturated carbocycles. The highest BCUT2D eigenvalue weighted by atomic mass is 19.1. The molecule has 0 radical (unpaired) electrons. The molecule has 15 heavy (non-hydrogen) atoms. The van der Waals surface area contributed by atoms with E-state index in [1.807, 2.05) is 19.0 Å². The minimum atomic E-state index is -0.393. The van der Waals surface area contributed by atoms with Crippen LogP contribution < -0.4 is 10.5 Å². The summed E-state index contributed by atoms with van der Waals surface area (Å²) in [5.74, 6) is 0.0242. The molecule has 0 aliphatic carbocycles. The number of halogens is 1. The molecule has 0 aliphatic rings. The van der Waals surface area contributed by atoms with E-state index < -0.39 is 5.82 Å². The van der Waals surface area contributed by atoms with Gasteiger partial charge in [0, 0.05) is 18.7 Å². The van der Waals surface area contributed by atoms with E-state index in [-0.39, 0.29) is 6.54 Å². The van der Waals surface area contributed by atoms with Crippen molar-refractivity contribution in [2.75, 3.05) is 27.2 Å². The van der Waals surface area contributed by atoms with Crippen LogP contribution in [0.5, 0.6) is 5.88 Å².